The third-order valence-corrected chi connectivity index (χ3v) is 15.8. The van der Waals surface area contributed by atoms with Crippen LogP contribution in [0.15, 0.2) is 188 Å². The molecule has 13 rings (SSSR count). The Morgan fingerprint density at radius 1 is 0.303 bits per heavy atom. The van der Waals surface area contributed by atoms with Gasteiger partial charge >= 0.3 is 0 Å². The highest BCUT2D eigenvalue weighted by Crippen LogP contribution is 2.58. The fourth-order valence-corrected chi connectivity index (χ4v) is 12.2. The van der Waals surface area contributed by atoms with E-state index in [1.807, 2.05) is 0 Å². The standard InChI is InChI=1S/C66H52/c1-64(2,3)46-30-34-50-49-33-29-45(37-57(49)66(6,7)58(50)38-46)44-28-32-48-47-31-27-43(35-55(47)65(4,5)56(48)36-44)39-23-25-42(26-24-39)61-52-20-12-11-19-51(52)60(41-15-9-8-10-16-41)62-53-21-13-17-40-18-14-22-54(59(40)53)63(61)62/h8-38H,1-7H3. The van der Waals surface area contributed by atoms with Crippen molar-refractivity contribution >= 4 is 21.5 Å². The second-order valence-corrected chi connectivity index (χ2v) is 21.2. The minimum absolute atomic E-state index is 0.0654. The predicted molar refractivity (Wildman–Crippen MR) is 281 cm³/mol. The van der Waals surface area contributed by atoms with Crippen molar-refractivity contribution in [1.29, 1.82) is 0 Å². The van der Waals surface area contributed by atoms with Gasteiger partial charge in [0.2, 0.25) is 0 Å². The fourth-order valence-electron chi connectivity index (χ4n) is 12.2. The summed E-state index contributed by atoms with van der Waals surface area (Å²) in [5.41, 5.74) is 27.9. The molecule has 10 aromatic carbocycles. The Hall–Kier alpha value is -7.28. The van der Waals surface area contributed by atoms with E-state index in [-0.39, 0.29) is 16.2 Å². The van der Waals surface area contributed by atoms with Crippen LogP contribution in [0.4, 0.5) is 0 Å². The SMILES string of the molecule is CC(C)(C)c1ccc2c(c1)C(C)(C)c1cc(-c3ccc4c(c3)C(C)(C)c3cc(-c5ccc(-c6c7c(c(-c8ccccc8)c8ccccc68)-c6cccc8cccc-7c68)cc5)ccc3-4)ccc1-2. The molecule has 3 aliphatic carbocycles. The number of benzene rings is 10. The molecule has 0 heteroatoms. The van der Waals surface area contributed by atoms with E-state index in [1.165, 1.54) is 138 Å². The topological polar surface area (TPSA) is 0 Å². The van der Waals surface area contributed by atoms with Crippen LogP contribution in [-0.2, 0) is 16.2 Å². The van der Waals surface area contributed by atoms with Crippen molar-refractivity contribution in [2.24, 2.45) is 0 Å². The molecule has 0 aliphatic heterocycles. The second kappa shape index (κ2) is 13.6. The van der Waals surface area contributed by atoms with E-state index in [0.717, 1.165) is 0 Å². The van der Waals surface area contributed by atoms with Gasteiger partial charge in [-0.3, -0.25) is 0 Å². The Labute approximate surface area is 389 Å². The number of fused-ring (bicyclic) bond motifs is 10. The number of hydrogen-bond donors (Lipinski definition) is 0. The molecule has 0 nitrogen and oxygen atoms in total. The first-order chi connectivity index (χ1) is 31.9. The number of rotatable bonds is 4. The van der Waals surface area contributed by atoms with Crippen LogP contribution >= 0.6 is 0 Å². The monoisotopic (exact) mass is 844 g/mol. The Kier molecular flexibility index (Phi) is 8.08. The zero-order valence-corrected chi connectivity index (χ0v) is 38.9. The summed E-state index contributed by atoms with van der Waals surface area (Å²) in [5.74, 6) is 0. The third-order valence-electron chi connectivity index (χ3n) is 15.8. The molecule has 3 aliphatic rings. The molecule has 316 valence electrons. The largest absolute Gasteiger partial charge is 0.0622 e. The third kappa shape index (κ3) is 5.45. The summed E-state index contributed by atoms with van der Waals surface area (Å²) in [5, 5.41) is 5.21. The van der Waals surface area contributed by atoms with Crippen LogP contribution in [0.2, 0.25) is 0 Å². The van der Waals surface area contributed by atoms with Gasteiger partial charge in [-0.2, -0.15) is 0 Å². The van der Waals surface area contributed by atoms with Crippen LogP contribution in [0.3, 0.4) is 0 Å². The highest BCUT2D eigenvalue weighted by atomic mass is 14.4. The molecule has 0 aromatic heterocycles. The molecule has 0 N–H and O–H groups in total. The van der Waals surface area contributed by atoms with Crippen LogP contribution in [0.25, 0.3) is 111 Å². The highest BCUT2D eigenvalue weighted by molar-refractivity contribution is 6.27. The maximum absolute atomic E-state index is 2.48. The average molecular weight is 845 g/mol. The summed E-state index contributed by atoms with van der Waals surface area (Å²) in [6, 6.07) is 71.8. The summed E-state index contributed by atoms with van der Waals surface area (Å²) >= 11 is 0. The van der Waals surface area contributed by atoms with Crippen molar-refractivity contribution in [1.82, 2.24) is 0 Å². The van der Waals surface area contributed by atoms with Crippen molar-refractivity contribution in [2.75, 3.05) is 0 Å². The minimum atomic E-state index is -0.151. The van der Waals surface area contributed by atoms with Gasteiger partial charge in [0.15, 0.2) is 0 Å². The number of hydrogen-bond acceptors (Lipinski definition) is 0. The molecular formula is C66H52. The summed E-state index contributed by atoms with van der Waals surface area (Å²) in [6.07, 6.45) is 0. The van der Waals surface area contributed by atoms with Crippen molar-refractivity contribution in [3.63, 3.8) is 0 Å². The maximum Gasteiger partial charge on any atom is 0.0159 e. The molecule has 0 amide bonds. The van der Waals surface area contributed by atoms with Crippen LogP contribution < -0.4 is 0 Å². The lowest BCUT2D eigenvalue weighted by molar-refractivity contribution is 0.584. The van der Waals surface area contributed by atoms with Gasteiger partial charge in [-0.05, 0) is 162 Å². The van der Waals surface area contributed by atoms with Gasteiger partial charge in [-0.25, -0.2) is 0 Å². The quantitative estimate of drug-likeness (QED) is 0.166. The van der Waals surface area contributed by atoms with Gasteiger partial charge in [0.05, 0.1) is 0 Å². The first-order valence-electron chi connectivity index (χ1n) is 23.7. The molecule has 0 fully saturated rings. The van der Waals surface area contributed by atoms with E-state index < -0.39 is 0 Å². The zero-order chi connectivity index (χ0) is 44.9. The van der Waals surface area contributed by atoms with E-state index in [9.17, 15) is 0 Å². The lowest BCUT2D eigenvalue weighted by atomic mass is 9.78. The Morgan fingerprint density at radius 2 is 0.697 bits per heavy atom. The normalized spacial score (nSPS) is 14.5. The lowest BCUT2D eigenvalue weighted by Gasteiger charge is -2.25. The van der Waals surface area contributed by atoms with Gasteiger partial charge in [0, 0.05) is 10.8 Å². The van der Waals surface area contributed by atoms with Crippen LogP contribution in [0.1, 0.15) is 76.3 Å². The van der Waals surface area contributed by atoms with Gasteiger partial charge in [-0.15, -0.1) is 0 Å². The van der Waals surface area contributed by atoms with Crippen molar-refractivity contribution < 1.29 is 0 Å². The first-order valence-corrected chi connectivity index (χ1v) is 23.7. The summed E-state index contributed by atoms with van der Waals surface area (Å²) in [4.78, 5) is 0. The van der Waals surface area contributed by atoms with Gasteiger partial charge in [0.1, 0.15) is 0 Å². The van der Waals surface area contributed by atoms with Crippen LogP contribution in [0.5, 0.6) is 0 Å². The van der Waals surface area contributed by atoms with Crippen LogP contribution in [-0.4, -0.2) is 0 Å². The van der Waals surface area contributed by atoms with Crippen molar-refractivity contribution in [3.05, 3.63) is 216 Å². The van der Waals surface area contributed by atoms with Crippen molar-refractivity contribution in [2.45, 2.75) is 64.7 Å². The summed E-state index contributed by atoms with van der Waals surface area (Å²) in [6.45, 7) is 16.6. The summed E-state index contributed by atoms with van der Waals surface area (Å²) in [7, 11) is 0. The smallest absolute Gasteiger partial charge is 0.0159 e. The second-order valence-electron chi connectivity index (χ2n) is 21.2. The van der Waals surface area contributed by atoms with E-state index in [0.29, 0.717) is 0 Å². The highest BCUT2D eigenvalue weighted by Gasteiger charge is 2.39. The fraction of sp³-hybridized carbons (Fsp3) is 0.152. The lowest BCUT2D eigenvalue weighted by Crippen LogP contribution is -2.17. The van der Waals surface area contributed by atoms with E-state index in [1.54, 1.807) is 0 Å². The molecule has 0 atom stereocenters. The van der Waals surface area contributed by atoms with E-state index in [2.05, 4.69) is 237 Å². The average Bonchev–Trinajstić information content (AvgIpc) is 3.87. The Balaban J connectivity index is 0.872. The molecule has 0 saturated heterocycles. The molecule has 0 unspecified atom stereocenters. The molecule has 0 spiro atoms. The first kappa shape index (κ1) is 39.1. The zero-order valence-electron chi connectivity index (χ0n) is 38.9. The molecular weight excluding hydrogens is 793 g/mol. The van der Waals surface area contributed by atoms with Gasteiger partial charge in [-0.1, -0.05) is 218 Å². The maximum atomic E-state index is 2.48. The van der Waals surface area contributed by atoms with E-state index in [4.69, 9.17) is 0 Å². The van der Waals surface area contributed by atoms with Gasteiger partial charge in [0.25, 0.3) is 0 Å². The Bertz CT molecular complexity index is 3690. The minimum Gasteiger partial charge on any atom is -0.0622 e. The molecule has 66 heavy (non-hydrogen) atoms. The van der Waals surface area contributed by atoms with Gasteiger partial charge < -0.3 is 0 Å². The van der Waals surface area contributed by atoms with E-state index >= 15 is 0 Å². The predicted octanol–water partition coefficient (Wildman–Crippen LogP) is 18.2. The molecule has 0 heterocycles. The molecule has 0 radical (unpaired) electrons. The summed E-state index contributed by atoms with van der Waals surface area (Å²) < 4.78 is 0. The van der Waals surface area contributed by atoms with Crippen molar-refractivity contribution in [3.8, 4) is 89.0 Å². The Morgan fingerprint density at radius 3 is 1.18 bits per heavy atom. The molecule has 0 bridgehead atoms. The van der Waals surface area contributed by atoms with Crippen LogP contribution in [0, 0.1) is 0 Å². The molecule has 10 aromatic rings. The molecule has 0 saturated carbocycles.